The molecular weight excluding hydrogens is 226 g/mol. The first-order chi connectivity index (χ1) is 8.65. The van der Waals surface area contributed by atoms with Crippen LogP contribution in [0.1, 0.15) is 59.8 Å². The van der Waals surface area contributed by atoms with E-state index >= 15 is 0 Å². The van der Waals surface area contributed by atoms with Crippen LogP contribution in [-0.4, -0.2) is 37.5 Å². The third-order valence-electron chi connectivity index (χ3n) is 3.51. The molecule has 0 aromatic carbocycles. The zero-order valence-electron chi connectivity index (χ0n) is 12.6. The second-order valence-corrected chi connectivity index (χ2v) is 5.62. The van der Waals surface area contributed by atoms with Gasteiger partial charge in [0.2, 0.25) is 0 Å². The zero-order valence-corrected chi connectivity index (χ0v) is 12.6. The molecule has 108 valence electrons. The molecule has 0 amide bonds. The van der Waals surface area contributed by atoms with Gasteiger partial charge in [-0.15, -0.1) is 0 Å². The van der Waals surface area contributed by atoms with E-state index in [-0.39, 0.29) is 0 Å². The fourth-order valence-corrected chi connectivity index (χ4v) is 2.67. The molecule has 1 aliphatic rings. The second kappa shape index (κ2) is 8.89. The molecule has 3 unspecified atom stereocenters. The van der Waals surface area contributed by atoms with Gasteiger partial charge in [0.05, 0.1) is 24.9 Å². The van der Waals surface area contributed by atoms with Gasteiger partial charge < -0.3 is 14.8 Å². The maximum Gasteiger partial charge on any atom is 0.0625 e. The summed E-state index contributed by atoms with van der Waals surface area (Å²) >= 11 is 0. The SMILES string of the molecule is CCCNC(CCC)COC1CC(C)OC(C)C1. The van der Waals surface area contributed by atoms with Crippen molar-refractivity contribution in [1.29, 1.82) is 0 Å². The van der Waals surface area contributed by atoms with Gasteiger partial charge in [0.1, 0.15) is 0 Å². The molecule has 0 aliphatic carbocycles. The molecule has 0 spiro atoms. The average molecular weight is 257 g/mol. The van der Waals surface area contributed by atoms with Crippen molar-refractivity contribution in [1.82, 2.24) is 5.32 Å². The molecular formula is C15H31NO2. The van der Waals surface area contributed by atoms with Gasteiger partial charge in [-0.05, 0) is 46.1 Å². The third-order valence-corrected chi connectivity index (χ3v) is 3.51. The Hall–Kier alpha value is -0.120. The van der Waals surface area contributed by atoms with Crippen LogP contribution in [0.2, 0.25) is 0 Å². The van der Waals surface area contributed by atoms with Gasteiger partial charge >= 0.3 is 0 Å². The first-order valence-corrected chi connectivity index (χ1v) is 7.66. The topological polar surface area (TPSA) is 30.5 Å². The Morgan fingerprint density at radius 1 is 1.17 bits per heavy atom. The van der Waals surface area contributed by atoms with Crippen LogP contribution in [0.4, 0.5) is 0 Å². The first kappa shape index (κ1) is 15.9. The van der Waals surface area contributed by atoms with Gasteiger partial charge in [-0.1, -0.05) is 20.3 Å². The van der Waals surface area contributed by atoms with Gasteiger partial charge in [-0.3, -0.25) is 0 Å². The molecule has 3 nitrogen and oxygen atoms in total. The Bertz CT molecular complexity index is 201. The van der Waals surface area contributed by atoms with Crippen LogP contribution in [0, 0.1) is 0 Å². The van der Waals surface area contributed by atoms with Crippen molar-refractivity contribution in [3.05, 3.63) is 0 Å². The molecule has 1 fully saturated rings. The molecule has 1 aliphatic heterocycles. The Balaban J connectivity index is 2.27. The number of hydrogen-bond acceptors (Lipinski definition) is 3. The molecule has 3 heteroatoms. The number of hydrogen-bond donors (Lipinski definition) is 1. The lowest BCUT2D eigenvalue weighted by atomic mass is 10.0. The van der Waals surface area contributed by atoms with Crippen molar-refractivity contribution in [3.63, 3.8) is 0 Å². The van der Waals surface area contributed by atoms with E-state index in [0.29, 0.717) is 24.4 Å². The van der Waals surface area contributed by atoms with Gasteiger partial charge in [-0.25, -0.2) is 0 Å². The van der Waals surface area contributed by atoms with Gasteiger partial charge in [0.25, 0.3) is 0 Å². The van der Waals surface area contributed by atoms with Crippen molar-refractivity contribution in [3.8, 4) is 0 Å². The number of rotatable bonds is 8. The molecule has 0 aromatic heterocycles. The van der Waals surface area contributed by atoms with E-state index in [4.69, 9.17) is 9.47 Å². The molecule has 0 saturated carbocycles. The van der Waals surface area contributed by atoms with E-state index in [1.165, 1.54) is 19.3 Å². The first-order valence-electron chi connectivity index (χ1n) is 7.66. The lowest BCUT2D eigenvalue weighted by molar-refractivity contribution is -0.104. The lowest BCUT2D eigenvalue weighted by Crippen LogP contribution is -2.39. The normalized spacial score (nSPS) is 30.3. The minimum Gasteiger partial charge on any atom is -0.376 e. The minimum absolute atomic E-state index is 0.340. The lowest BCUT2D eigenvalue weighted by Gasteiger charge is -2.33. The summed E-state index contributed by atoms with van der Waals surface area (Å²) in [6.07, 6.45) is 6.74. The highest BCUT2D eigenvalue weighted by Crippen LogP contribution is 2.21. The minimum atomic E-state index is 0.340. The van der Waals surface area contributed by atoms with Crippen molar-refractivity contribution in [2.75, 3.05) is 13.2 Å². The van der Waals surface area contributed by atoms with Crippen molar-refractivity contribution in [2.24, 2.45) is 0 Å². The summed E-state index contributed by atoms with van der Waals surface area (Å²) in [5, 5.41) is 3.58. The molecule has 0 aromatic rings. The highest BCUT2D eigenvalue weighted by Gasteiger charge is 2.25. The molecule has 1 rings (SSSR count). The Labute approximate surface area is 113 Å². The van der Waals surface area contributed by atoms with E-state index in [9.17, 15) is 0 Å². The van der Waals surface area contributed by atoms with Crippen LogP contribution in [0.5, 0.6) is 0 Å². The van der Waals surface area contributed by atoms with Gasteiger partial charge in [-0.2, -0.15) is 0 Å². The quantitative estimate of drug-likeness (QED) is 0.724. The zero-order chi connectivity index (χ0) is 13.4. The standard InChI is InChI=1S/C15H31NO2/c1-5-7-14(16-8-6-2)11-17-15-9-12(3)18-13(4)10-15/h12-16H,5-11H2,1-4H3. The summed E-state index contributed by atoms with van der Waals surface area (Å²) in [4.78, 5) is 0. The van der Waals surface area contributed by atoms with Crippen LogP contribution in [0.25, 0.3) is 0 Å². The third kappa shape index (κ3) is 6.17. The Kier molecular flexibility index (Phi) is 7.87. The predicted molar refractivity (Wildman–Crippen MR) is 76.0 cm³/mol. The van der Waals surface area contributed by atoms with E-state index in [0.717, 1.165) is 26.0 Å². The van der Waals surface area contributed by atoms with Gasteiger partial charge in [0.15, 0.2) is 0 Å². The molecule has 3 atom stereocenters. The van der Waals surface area contributed by atoms with Crippen LogP contribution in [0.15, 0.2) is 0 Å². The molecule has 1 saturated heterocycles. The fraction of sp³-hybridized carbons (Fsp3) is 1.00. The van der Waals surface area contributed by atoms with Crippen molar-refractivity contribution < 1.29 is 9.47 Å². The van der Waals surface area contributed by atoms with E-state index in [1.807, 2.05) is 0 Å². The largest absolute Gasteiger partial charge is 0.376 e. The Morgan fingerprint density at radius 3 is 2.39 bits per heavy atom. The molecule has 0 radical (unpaired) electrons. The van der Waals surface area contributed by atoms with Crippen LogP contribution < -0.4 is 5.32 Å². The number of ether oxygens (including phenoxy) is 2. The number of nitrogens with one attached hydrogen (secondary N) is 1. The highest BCUT2D eigenvalue weighted by molar-refractivity contribution is 4.75. The van der Waals surface area contributed by atoms with E-state index < -0.39 is 0 Å². The summed E-state index contributed by atoms with van der Waals surface area (Å²) in [6, 6.07) is 0.517. The van der Waals surface area contributed by atoms with Crippen molar-refractivity contribution in [2.45, 2.75) is 84.2 Å². The molecule has 1 heterocycles. The predicted octanol–water partition coefficient (Wildman–Crippen LogP) is 3.13. The molecule has 0 bridgehead atoms. The van der Waals surface area contributed by atoms with Crippen LogP contribution in [-0.2, 0) is 9.47 Å². The summed E-state index contributed by atoms with van der Waals surface area (Å²) in [6.45, 7) is 10.7. The fourth-order valence-electron chi connectivity index (χ4n) is 2.67. The molecule has 1 N–H and O–H groups in total. The van der Waals surface area contributed by atoms with Crippen LogP contribution in [0.3, 0.4) is 0 Å². The van der Waals surface area contributed by atoms with Crippen molar-refractivity contribution >= 4 is 0 Å². The maximum atomic E-state index is 6.09. The monoisotopic (exact) mass is 257 g/mol. The van der Waals surface area contributed by atoms with Crippen LogP contribution >= 0.6 is 0 Å². The Morgan fingerprint density at radius 2 is 1.83 bits per heavy atom. The summed E-state index contributed by atoms with van der Waals surface area (Å²) in [5.41, 5.74) is 0. The van der Waals surface area contributed by atoms with E-state index in [1.54, 1.807) is 0 Å². The smallest absolute Gasteiger partial charge is 0.0625 e. The summed E-state index contributed by atoms with van der Waals surface area (Å²) < 4.78 is 11.8. The van der Waals surface area contributed by atoms with Gasteiger partial charge in [0, 0.05) is 6.04 Å². The maximum absolute atomic E-state index is 6.09. The highest BCUT2D eigenvalue weighted by atomic mass is 16.5. The van der Waals surface area contributed by atoms with E-state index in [2.05, 4.69) is 33.0 Å². The summed E-state index contributed by atoms with van der Waals surface area (Å²) in [7, 11) is 0. The second-order valence-electron chi connectivity index (χ2n) is 5.62. The summed E-state index contributed by atoms with van der Waals surface area (Å²) in [5.74, 6) is 0. The average Bonchev–Trinajstić information content (AvgIpc) is 2.31. The molecule has 18 heavy (non-hydrogen) atoms.